The quantitative estimate of drug-likeness (QED) is 0.355. The van der Waals surface area contributed by atoms with E-state index in [1.807, 2.05) is 0 Å². The summed E-state index contributed by atoms with van der Waals surface area (Å²) in [6.07, 6.45) is 0. The predicted octanol–water partition coefficient (Wildman–Crippen LogP) is 0.625. The van der Waals surface area contributed by atoms with Crippen molar-refractivity contribution in [3.05, 3.63) is 0 Å². The van der Waals surface area contributed by atoms with E-state index in [2.05, 4.69) is 16.5 Å². The molecule has 5 heavy (non-hydrogen) atoms. The highest BCUT2D eigenvalue weighted by Crippen LogP contribution is 2.14. The smallest absolute Gasteiger partial charge is 0.0616 e. The molecule has 28 valence electrons. The second kappa shape index (κ2) is 1.29. The van der Waals surface area contributed by atoms with E-state index in [4.69, 9.17) is 0 Å². The molecule has 0 saturated carbocycles. The first-order valence-corrected chi connectivity index (χ1v) is 3.38. The van der Waals surface area contributed by atoms with Crippen LogP contribution >= 0.6 is 7.51 Å². The van der Waals surface area contributed by atoms with Gasteiger partial charge in [0, 0.05) is 13.1 Å². The minimum absolute atomic E-state index is 1.02. The first-order valence-electron chi connectivity index (χ1n) is 1.52. The molecule has 0 N–H and O–H groups in total. The first kappa shape index (κ1) is 3.66. The van der Waals surface area contributed by atoms with Gasteiger partial charge in [-0.25, -0.2) is 4.67 Å². The van der Waals surface area contributed by atoms with E-state index in [1.165, 1.54) is 13.1 Å². The molecule has 0 unspecified atom stereocenters. The molecule has 1 saturated heterocycles. The van der Waals surface area contributed by atoms with Gasteiger partial charge in [0.25, 0.3) is 0 Å². The van der Waals surface area contributed by atoms with Crippen LogP contribution in [0.2, 0.25) is 0 Å². The summed E-state index contributed by atoms with van der Waals surface area (Å²) in [7, 11) is 1.02. The van der Waals surface area contributed by atoms with Gasteiger partial charge in [-0.15, -0.1) is 0 Å². The van der Waals surface area contributed by atoms with Gasteiger partial charge in [-0.1, -0.05) is 0 Å². The fourth-order valence-electron chi connectivity index (χ4n) is 0.126. The van der Waals surface area contributed by atoms with Crippen molar-refractivity contribution in [2.75, 3.05) is 13.1 Å². The molecule has 1 nitrogen and oxygen atoms in total. The van der Waals surface area contributed by atoms with Gasteiger partial charge in [0.15, 0.2) is 0 Å². The van der Waals surface area contributed by atoms with Gasteiger partial charge in [-0.3, -0.25) is 0 Å². The minimum Gasteiger partial charge on any atom is -0.246 e. The Morgan fingerprint density at radius 1 is 1.60 bits per heavy atom. The van der Waals surface area contributed by atoms with Crippen LogP contribution in [-0.2, 0) is 11.8 Å². The number of hydrogen-bond acceptors (Lipinski definition) is 1. The topological polar surface area (TPSA) is 3.01 Å². The Morgan fingerprint density at radius 3 is 2.20 bits per heavy atom. The van der Waals surface area contributed by atoms with Gasteiger partial charge in [0.2, 0.25) is 0 Å². The van der Waals surface area contributed by atoms with Crippen LogP contribution in [0.15, 0.2) is 0 Å². The molecular weight excluding hydrogens is 101 g/mol. The summed E-state index contributed by atoms with van der Waals surface area (Å²) in [5.74, 6) is 0. The standard InChI is InChI=1S/C2H4NPS/c5-4-3-1-2-3/h1-2H2. The predicted molar refractivity (Wildman–Crippen MR) is 25.9 cm³/mol. The molecule has 0 aliphatic carbocycles. The van der Waals surface area contributed by atoms with E-state index in [0.717, 1.165) is 7.51 Å². The fraction of sp³-hybridized carbons (Fsp3) is 1.00. The van der Waals surface area contributed by atoms with Crippen molar-refractivity contribution in [3.63, 3.8) is 0 Å². The monoisotopic (exact) mass is 105 g/mol. The molecule has 1 fully saturated rings. The van der Waals surface area contributed by atoms with Gasteiger partial charge in [0.05, 0.1) is 7.51 Å². The van der Waals surface area contributed by atoms with Gasteiger partial charge in [0.1, 0.15) is 0 Å². The van der Waals surface area contributed by atoms with Gasteiger partial charge in [-0.2, -0.15) is 0 Å². The van der Waals surface area contributed by atoms with Crippen molar-refractivity contribution in [1.29, 1.82) is 0 Å². The van der Waals surface area contributed by atoms with Crippen LogP contribution in [0.1, 0.15) is 0 Å². The summed E-state index contributed by atoms with van der Waals surface area (Å²) in [6, 6.07) is 0. The summed E-state index contributed by atoms with van der Waals surface area (Å²) < 4.78 is 2.16. The second-order valence-corrected chi connectivity index (χ2v) is 2.25. The molecule has 1 rings (SSSR count). The van der Waals surface area contributed by atoms with Gasteiger partial charge in [-0.05, 0) is 11.8 Å². The Hall–Kier alpha value is 0.480. The lowest BCUT2D eigenvalue weighted by Crippen LogP contribution is -1.61. The summed E-state index contributed by atoms with van der Waals surface area (Å²) in [5.41, 5.74) is 0. The lowest BCUT2D eigenvalue weighted by atomic mass is 11.0. The highest BCUT2D eigenvalue weighted by Gasteiger charge is 2.12. The third kappa shape index (κ3) is 0.918. The summed E-state index contributed by atoms with van der Waals surface area (Å²) in [6.45, 7) is 2.45. The SMILES string of the molecule is S=PN1CC1. The van der Waals surface area contributed by atoms with Crippen molar-refractivity contribution >= 4 is 19.3 Å². The summed E-state index contributed by atoms with van der Waals surface area (Å²) >= 11 is 4.64. The molecule has 1 aliphatic rings. The third-order valence-corrected chi connectivity index (χ3v) is 1.86. The Balaban J connectivity index is 2.21. The van der Waals surface area contributed by atoms with Gasteiger partial charge < -0.3 is 0 Å². The summed E-state index contributed by atoms with van der Waals surface area (Å²) in [5, 5.41) is 0. The van der Waals surface area contributed by atoms with E-state index >= 15 is 0 Å². The zero-order valence-corrected chi connectivity index (χ0v) is 4.43. The van der Waals surface area contributed by atoms with Crippen LogP contribution in [0, 0.1) is 0 Å². The molecule has 0 atom stereocenters. The van der Waals surface area contributed by atoms with E-state index in [-0.39, 0.29) is 0 Å². The maximum Gasteiger partial charge on any atom is 0.0616 e. The molecule has 0 amide bonds. The average Bonchev–Trinajstić information content (AvgIpc) is 2.12. The van der Waals surface area contributed by atoms with Gasteiger partial charge >= 0.3 is 0 Å². The molecule has 0 aromatic carbocycles. The van der Waals surface area contributed by atoms with Crippen LogP contribution in [0.25, 0.3) is 0 Å². The molecule has 0 aromatic rings. The maximum atomic E-state index is 4.64. The number of rotatable bonds is 1. The molecular formula is C2H4NPS. The molecule has 3 heteroatoms. The second-order valence-electron chi connectivity index (χ2n) is 1.04. The zero-order valence-electron chi connectivity index (χ0n) is 2.72. The average molecular weight is 105 g/mol. The number of nitrogens with zero attached hydrogens (tertiary/aromatic N) is 1. The molecule has 0 bridgehead atoms. The van der Waals surface area contributed by atoms with Crippen molar-refractivity contribution in [2.24, 2.45) is 0 Å². The highest BCUT2D eigenvalue weighted by molar-refractivity contribution is 7.95. The van der Waals surface area contributed by atoms with E-state index in [1.54, 1.807) is 0 Å². The van der Waals surface area contributed by atoms with Crippen molar-refractivity contribution < 1.29 is 0 Å². The lowest BCUT2D eigenvalue weighted by Gasteiger charge is -1.68. The Kier molecular flexibility index (Phi) is 0.946. The van der Waals surface area contributed by atoms with Crippen LogP contribution < -0.4 is 0 Å². The molecule has 0 aromatic heterocycles. The minimum atomic E-state index is 1.02. The summed E-state index contributed by atoms with van der Waals surface area (Å²) in [4.78, 5) is 0. The van der Waals surface area contributed by atoms with Crippen molar-refractivity contribution in [3.8, 4) is 0 Å². The van der Waals surface area contributed by atoms with E-state index in [0.29, 0.717) is 0 Å². The largest absolute Gasteiger partial charge is 0.246 e. The van der Waals surface area contributed by atoms with Crippen molar-refractivity contribution in [1.82, 2.24) is 4.67 Å². The van der Waals surface area contributed by atoms with Crippen LogP contribution in [0.3, 0.4) is 0 Å². The molecule has 1 aliphatic heterocycles. The zero-order chi connectivity index (χ0) is 3.70. The third-order valence-electron chi connectivity index (χ3n) is 0.539. The Labute approximate surface area is 37.9 Å². The first-order chi connectivity index (χ1) is 2.43. The molecule has 0 radical (unpaired) electrons. The van der Waals surface area contributed by atoms with Crippen LogP contribution in [0.5, 0.6) is 0 Å². The Bertz CT molecular complexity index is 51.6. The Morgan fingerprint density at radius 2 is 2.20 bits per heavy atom. The highest BCUT2D eigenvalue weighted by atomic mass is 32.4. The molecule has 1 heterocycles. The van der Waals surface area contributed by atoms with E-state index < -0.39 is 0 Å². The fourth-order valence-corrected chi connectivity index (χ4v) is 0.869. The lowest BCUT2D eigenvalue weighted by molar-refractivity contribution is 0.955. The van der Waals surface area contributed by atoms with E-state index in [9.17, 15) is 0 Å². The van der Waals surface area contributed by atoms with Crippen molar-refractivity contribution in [2.45, 2.75) is 0 Å². The normalized spacial score (nSPS) is 24.0. The van der Waals surface area contributed by atoms with Crippen LogP contribution in [0.4, 0.5) is 0 Å². The molecule has 0 spiro atoms. The maximum absolute atomic E-state index is 4.64. The van der Waals surface area contributed by atoms with Crippen LogP contribution in [-0.4, -0.2) is 17.8 Å². The number of hydrogen-bond donors (Lipinski definition) is 0.